The summed E-state index contributed by atoms with van der Waals surface area (Å²) in [5.74, 6) is -4.32. The van der Waals surface area contributed by atoms with E-state index in [2.05, 4.69) is 32.8 Å². The Bertz CT molecular complexity index is 1480. The fourth-order valence-electron chi connectivity index (χ4n) is 6.72. The van der Waals surface area contributed by atoms with Gasteiger partial charge in [0.2, 0.25) is 11.8 Å². The summed E-state index contributed by atoms with van der Waals surface area (Å²) < 4.78 is 7.98. The van der Waals surface area contributed by atoms with Crippen LogP contribution in [0.1, 0.15) is 18.0 Å². The van der Waals surface area contributed by atoms with Crippen molar-refractivity contribution in [2.24, 2.45) is 11.8 Å². The Balaban J connectivity index is 1.46. The largest absolute Gasteiger partial charge is 0.481 e. The van der Waals surface area contributed by atoms with Crippen LogP contribution >= 0.6 is 15.9 Å². The predicted molar refractivity (Wildman–Crippen MR) is 146 cm³/mol. The Morgan fingerprint density at radius 3 is 2.65 bits per heavy atom. The first-order valence-corrected chi connectivity index (χ1v) is 13.9. The number of rotatable bonds is 9. The molecule has 1 aromatic heterocycles. The highest BCUT2D eigenvalue weighted by Gasteiger charge is 2.77. The third-order valence-electron chi connectivity index (χ3n) is 8.33. The lowest BCUT2D eigenvalue weighted by Crippen LogP contribution is -2.57. The van der Waals surface area contributed by atoms with Crippen molar-refractivity contribution in [1.29, 1.82) is 0 Å². The summed E-state index contributed by atoms with van der Waals surface area (Å²) >= 11 is 3.56. The van der Waals surface area contributed by atoms with Gasteiger partial charge in [0.05, 0.1) is 36.1 Å². The second kappa shape index (κ2) is 10.1. The molecule has 0 saturated carbocycles. The van der Waals surface area contributed by atoms with E-state index in [9.17, 15) is 24.6 Å². The van der Waals surface area contributed by atoms with E-state index in [1.165, 1.54) is 9.80 Å². The van der Waals surface area contributed by atoms with E-state index in [1.54, 1.807) is 35.0 Å². The Kier molecular flexibility index (Phi) is 6.71. The maximum Gasteiger partial charge on any atom is 0.310 e. The molecule has 0 aliphatic carbocycles. The maximum atomic E-state index is 14.6. The van der Waals surface area contributed by atoms with Crippen LogP contribution < -0.4 is 0 Å². The molecule has 2 aromatic carbocycles. The van der Waals surface area contributed by atoms with Crippen LogP contribution in [-0.2, 0) is 25.8 Å². The molecule has 40 heavy (non-hydrogen) atoms. The van der Waals surface area contributed by atoms with Crippen molar-refractivity contribution in [1.82, 2.24) is 24.8 Å². The van der Waals surface area contributed by atoms with E-state index < -0.39 is 60.0 Å². The van der Waals surface area contributed by atoms with Crippen molar-refractivity contribution in [3.63, 3.8) is 0 Å². The monoisotopic (exact) mass is 609 g/mol. The molecule has 2 amide bonds. The summed E-state index contributed by atoms with van der Waals surface area (Å²) in [6.07, 6.45) is 1.08. The number of benzene rings is 2. The minimum atomic E-state index is -1.39. The molecule has 2 N–H and O–H groups in total. The fourth-order valence-corrected chi connectivity index (χ4v) is 7.67. The van der Waals surface area contributed by atoms with Crippen molar-refractivity contribution < 1.29 is 29.3 Å². The molecule has 1 spiro atoms. The van der Waals surface area contributed by atoms with Crippen molar-refractivity contribution in [3.05, 3.63) is 72.8 Å². The molecule has 0 radical (unpaired) electrons. The number of aromatic nitrogens is 3. The summed E-state index contributed by atoms with van der Waals surface area (Å²) in [7, 11) is 0. The first-order chi connectivity index (χ1) is 19.3. The number of aliphatic hydroxyl groups excluding tert-OH is 1. The number of carbonyl (C=O) groups excluding carboxylic acids is 2. The Labute approximate surface area is 238 Å². The van der Waals surface area contributed by atoms with Gasteiger partial charge in [-0.15, -0.1) is 11.7 Å². The number of hydrogen-bond donors (Lipinski definition) is 2. The highest BCUT2D eigenvalue weighted by molar-refractivity contribution is 9.09. The number of halogens is 1. The van der Waals surface area contributed by atoms with Gasteiger partial charge in [-0.2, -0.15) is 0 Å². The standard InChI is InChI=1S/C28H28BrN5O6/c1-2-12-32(15-33-19-11-7-6-10-18(19)30-31-33)26(37)24-28-13-17(29)23(40-28)21(27(38)39)22(28)25(36)34(24)20(14-35)16-8-4-3-5-9-16/h2-11,17,20-24,35H,1,12-15H2,(H,38,39)/t17?,20-,21+,22+,23+,24?,28?/m1/s1. The summed E-state index contributed by atoms with van der Waals surface area (Å²) in [4.78, 5) is 43.7. The molecule has 3 aromatic rings. The number of alkyl halides is 1. The van der Waals surface area contributed by atoms with Crippen LogP contribution in [0.5, 0.6) is 0 Å². The molecule has 3 aliphatic rings. The molecule has 2 bridgehead atoms. The van der Waals surface area contributed by atoms with E-state index in [0.717, 1.165) is 5.52 Å². The SMILES string of the molecule is C=CCN(Cn1nnc2ccccc21)C(=O)C1N([C@H](CO)c2ccccc2)C(=O)[C@@H]2[C@H](C(=O)O)[C@H]3OC12CC3Br. The first kappa shape index (κ1) is 26.6. The fraction of sp³-hybridized carbons (Fsp3) is 0.393. The number of para-hydroxylation sites is 1. The van der Waals surface area contributed by atoms with E-state index in [1.807, 2.05) is 30.3 Å². The van der Waals surface area contributed by atoms with Gasteiger partial charge in [0.25, 0.3) is 0 Å². The van der Waals surface area contributed by atoms with Gasteiger partial charge in [0.1, 0.15) is 23.8 Å². The number of nitrogens with zero attached hydrogens (tertiary/aromatic N) is 5. The summed E-state index contributed by atoms with van der Waals surface area (Å²) in [5, 5.41) is 29.1. The van der Waals surface area contributed by atoms with E-state index in [0.29, 0.717) is 11.1 Å². The lowest BCUT2D eigenvalue weighted by Gasteiger charge is -2.39. The minimum absolute atomic E-state index is 0.0172. The number of likely N-dealkylation sites (tertiary alicyclic amines) is 1. The van der Waals surface area contributed by atoms with E-state index >= 15 is 0 Å². The second-order valence-corrected chi connectivity index (χ2v) is 11.6. The highest BCUT2D eigenvalue weighted by Crippen LogP contribution is 2.61. The van der Waals surface area contributed by atoms with Gasteiger partial charge >= 0.3 is 5.97 Å². The Morgan fingerprint density at radius 1 is 1.23 bits per heavy atom. The van der Waals surface area contributed by atoms with Gasteiger partial charge < -0.3 is 24.7 Å². The third-order valence-corrected chi connectivity index (χ3v) is 9.17. The van der Waals surface area contributed by atoms with Crippen LogP contribution in [0, 0.1) is 11.8 Å². The van der Waals surface area contributed by atoms with Crippen molar-refractivity contribution in [3.8, 4) is 0 Å². The lowest BCUT2D eigenvalue weighted by molar-refractivity contribution is -0.154. The van der Waals surface area contributed by atoms with Crippen molar-refractivity contribution >= 4 is 44.7 Å². The van der Waals surface area contributed by atoms with Crippen molar-refractivity contribution in [2.75, 3.05) is 13.2 Å². The number of carboxylic acids is 1. The number of aliphatic hydroxyl groups is 1. The number of carboxylic acid groups (broad SMARTS) is 1. The predicted octanol–water partition coefficient (Wildman–Crippen LogP) is 1.97. The molecule has 3 saturated heterocycles. The van der Waals surface area contributed by atoms with Crippen LogP contribution in [-0.4, -0.2) is 88.5 Å². The minimum Gasteiger partial charge on any atom is -0.481 e. The number of ether oxygens (including phenoxy) is 1. The van der Waals surface area contributed by atoms with Gasteiger partial charge in [0, 0.05) is 11.4 Å². The maximum absolute atomic E-state index is 14.6. The zero-order valence-corrected chi connectivity index (χ0v) is 23.0. The molecular formula is C28H28BrN5O6. The topological polar surface area (TPSA) is 138 Å². The molecule has 3 fully saturated rings. The van der Waals surface area contributed by atoms with Gasteiger partial charge in [-0.1, -0.05) is 69.7 Å². The van der Waals surface area contributed by atoms with Crippen molar-refractivity contribution in [2.45, 2.75) is 41.7 Å². The zero-order valence-electron chi connectivity index (χ0n) is 21.4. The van der Waals surface area contributed by atoms with Crippen LogP contribution in [0.15, 0.2) is 67.3 Å². The molecule has 11 nitrogen and oxygen atoms in total. The van der Waals surface area contributed by atoms with E-state index in [4.69, 9.17) is 4.74 Å². The van der Waals surface area contributed by atoms with Crippen LogP contribution in [0.3, 0.4) is 0 Å². The molecule has 208 valence electrons. The average Bonchev–Trinajstić information content (AvgIpc) is 3.67. The Hall–Kier alpha value is -3.61. The smallest absolute Gasteiger partial charge is 0.310 e. The lowest BCUT2D eigenvalue weighted by atomic mass is 9.70. The van der Waals surface area contributed by atoms with E-state index in [-0.39, 0.29) is 24.5 Å². The van der Waals surface area contributed by atoms with Gasteiger partial charge in [-0.3, -0.25) is 14.4 Å². The summed E-state index contributed by atoms with van der Waals surface area (Å²) in [5.41, 5.74) is 0.629. The van der Waals surface area contributed by atoms with Crippen LogP contribution in [0.2, 0.25) is 0 Å². The number of amides is 2. The second-order valence-electron chi connectivity index (χ2n) is 10.4. The third kappa shape index (κ3) is 3.88. The molecule has 6 rings (SSSR count). The molecule has 3 unspecified atom stereocenters. The quantitative estimate of drug-likeness (QED) is 0.277. The van der Waals surface area contributed by atoms with Crippen LogP contribution in [0.25, 0.3) is 11.0 Å². The number of fused-ring (bicyclic) bond motifs is 2. The van der Waals surface area contributed by atoms with Gasteiger partial charge in [-0.05, 0) is 24.1 Å². The zero-order chi connectivity index (χ0) is 28.2. The van der Waals surface area contributed by atoms with Gasteiger partial charge in [-0.25, -0.2) is 4.68 Å². The molecule has 7 atom stereocenters. The normalized spacial score (nSPS) is 29.5. The van der Waals surface area contributed by atoms with Crippen LogP contribution in [0.4, 0.5) is 0 Å². The summed E-state index contributed by atoms with van der Waals surface area (Å²) in [6, 6.07) is 14.2. The molecule has 12 heteroatoms. The molecule has 3 aliphatic heterocycles. The number of carbonyl (C=O) groups is 3. The summed E-state index contributed by atoms with van der Waals surface area (Å²) in [6.45, 7) is 3.50. The molecular weight excluding hydrogens is 582 g/mol. The van der Waals surface area contributed by atoms with Gasteiger partial charge in [0.15, 0.2) is 0 Å². The number of hydrogen-bond acceptors (Lipinski definition) is 7. The highest BCUT2D eigenvalue weighted by atomic mass is 79.9. The molecule has 4 heterocycles. The average molecular weight is 610 g/mol. The first-order valence-electron chi connectivity index (χ1n) is 13.0. The number of aliphatic carboxylic acids is 1. The Morgan fingerprint density at radius 2 is 1.95 bits per heavy atom.